The van der Waals surface area contributed by atoms with E-state index in [4.69, 9.17) is 11.6 Å². The molecule has 0 N–H and O–H groups in total. The van der Waals surface area contributed by atoms with Gasteiger partial charge in [-0.3, -0.25) is 4.40 Å². The Bertz CT molecular complexity index is 680. The topological polar surface area (TPSA) is 64.3 Å². The van der Waals surface area contributed by atoms with Crippen LogP contribution in [0.25, 0.3) is 5.65 Å². The van der Waals surface area contributed by atoms with Crippen LogP contribution in [0.4, 0.5) is 0 Å². The Hall–Kier alpha value is -1.14. The predicted molar refractivity (Wildman–Crippen MR) is 64.0 cm³/mol. The Morgan fingerprint density at radius 2 is 2.24 bits per heavy atom. The predicted octanol–water partition coefficient (Wildman–Crippen LogP) is 1.28. The highest BCUT2D eigenvalue weighted by molar-refractivity contribution is 7.91. The van der Waals surface area contributed by atoms with Gasteiger partial charge in [-0.2, -0.15) is 0 Å². The molecule has 1 unspecified atom stereocenters. The van der Waals surface area contributed by atoms with E-state index in [0.717, 1.165) is 0 Å². The van der Waals surface area contributed by atoms with Crippen LogP contribution in [0.2, 0.25) is 5.02 Å². The molecule has 0 aromatic carbocycles. The van der Waals surface area contributed by atoms with Crippen molar-refractivity contribution in [2.45, 2.75) is 12.3 Å². The Morgan fingerprint density at radius 3 is 2.94 bits per heavy atom. The number of nitrogens with zero attached hydrogens (tertiary/aromatic N) is 3. The van der Waals surface area contributed by atoms with Gasteiger partial charge in [0.15, 0.2) is 15.5 Å². The first-order valence-corrected chi connectivity index (χ1v) is 7.46. The van der Waals surface area contributed by atoms with Crippen LogP contribution in [0.15, 0.2) is 18.3 Å². The Morgan fingerprint density at radius 1 is 1.41 bits per heavy atom. The highest BCUT2D eigenvalue weighted by Gasteiger charge is 2.32. The zero-order valence-electron chi connectivity index (χ0n) is 8.88. The summed E-state index contributed by atoms with van der Waals surface area (Å²) in [5.74, 6) is 1.05. The van der Waals surface area contributed by atoms with Crippen molar-refractivity contribution in [3.05, 3.63) is 29.2 Å². The van der Waals surface area contributed by atoms with E-state index < -0.39 is 9.84 Å². The highest BCUT2D eigenvalue weighted by Crippen LogP contribution is 2.28. The molecule has 3 rings (SSSR count). The van der Waals surface area contributed by atoms with Crippen LogP contribution < -0.4 is 0 Å². The number of pyridine rings is 1. The molecule has 90 valence electrons. The van der Waals surface area contributed by atoms with E-state index in [1.807, 2.05) is 0 Å². The van der Waals surface area contributed by atoms with Gasteiger partial charge in [-0.25, -0.2) is 8.42 Å². The summed E-state index contributed by atoms with van der Waals surface area (Å²) in [7, 11) is -2.91. The molecule has 0 amide bonds. The van der Waals surface area contributed by atoms with E-state index in [-0.39, 0.29) is 17.4 Å². The van der Waals surface area contributed by atoms with Crippen molar-refractivity contribution in [3.63, 3.8) is 0 Å². The van der Waals surface area contributed by atoms with E-state index in [2.05, 4.69) is 10.2 Å². The van der Waals surface area contributed by atoms with Gasteiger partial charge in [-0.1, -0.05) is 11.6 Å². The molecule has 2 aromatic heterocycles. The number of sulfone groups is 1. The van der Waals surface area contributed by atoms with Crippen molar-refractivity contribution in [2.24, 2.45) is 0 Å². The summed E-state index contributed by atoms with van der Waals surface area (Å²) in [6.07, 6.45) is 2.39. The van der Waals surface area contributed by atoms with Crippen LogP contribution in [0.1, 0.15) is 18.2 Å². The monoisotopic (exact) mass is 271 g/mol. The fraction of sp³-hybridized carbons (Fsp3) is 0.400. The number of hydrogen-bond acceptors (Lipinski definition) is 4. The van der Waals surface area contributed by atoms with Crippen LogP contribution in [-0.2, 0) is 9.84 Å². The van der Waals surface area contributed by atoms with Crippen LogP contribution in [0, 0.1) is 0 Å². The van der Waals surface area contributed by atoms with Gasteiger partial charge < -0.3 is 0 Å². The largest absolute Gasteiger partial charge is 0.286 e. The van der Waals surface area contributed by atoms with E-state index >= 15 is 0 Å². The molecule has 0 spiro atoms. The molecule has 0 bridgehead atoms. The summed E-state index contributed by atoms with van der Waals surface area (Å²) >= 11 is 5.86. The number of fused-ring (bicyclic) bond motifs is 1. The zero-order chi connectivity index (χ0) is 12.0. The normalized spacial score (nSPS) is 23.2. The second kappa shape index (κ2) is 3.68. The first kappa shape index (κ1) is 11.0. The molecule has 0 aliphatic carbocycles. The quantitative estimate of drug-likeness (QED) is 0.784. The first-order chi connectivity index (χ1) is 8.05. The van der Waals surface area contributed by atoms with Crippen molar-refractivity contribution in [1.82, 2.24) is 14.6 Å². The van der Waals surface area contributed by atoms with Crippen molar-refractivity contribution in [3.8, 4) is 0 Å². The maximum atomic E-state index is 11.4. The zero-order valence-corrected chi connectivity index (χ0v) is 10.4. The Kier molecular flexibility index (Phi) is 2.38. The smallest absolute Gasteiger partial charge is 0.162 e. The molecule has 0 radical (unpaired) electrons. The number of halogens is 1. The lowest BCUT2D eigenvalue weighted by Gasteiger charge is -2.04. The van der Waals surface area contributed by atoms with E-state index in [0.29, 0.717) is 22.9 Å². The second-order valence-electron chi connectivity index (χ2n) is 4.23. The lowest BCUT2D eigenvalue weighted by molar-refractivity contribution is 0.601. The molecule has 1 aliphatic rings. The molecular formula is C10H10ClN3O2S. The van der Waals surface area contributed by atoms with E-state index in [9.17, 15) is 8.42 Å². The molecule has 17 heavy (non-hydrogen) atoms. The van der Waals surface area contributed by atoms with Crippen molar-refractivity contribution in [2.75, 3.05) is 11.5 Å². The van der Waals surface area contributed by atoms with Gasteiger partial charge in [0.1, 0.15) is 5.82 Å². The van der Waals surface area contributed by atoms with Crippen molar-refractivity contribution >= 4 is 27.1 Å². The summed E-state index contributed by atoms with van der Waals surface area (Å²) in [6.45, 7) is 0. The molecule has 5 nitrogen and oxygen atoms in total. The SMILES string of the molecule is O=S1(=O)CCC(c2nnc3cc(Cl)ccn23)C1. The molecule has 1 aliphatic heterocycles. The minimum atomic E-state index is -2.91. The number of aromatic nitrogens is 3. The molecule has 2 aromatic rings. The Balaban J connectivity index is 2.07. The summed E-state index contributed by atoms with van der Waals surface area (Å²) in [5, 5.41) is 8.67. The molecule has 3 heterocycles. The van der Waals surface area contributed by atoms with Gasteiger partial charge >= 0.3 is 0 Å². The lowest BCUT2D eigenvalue weighted by Crippen LogP contribution is -2.07. The minimum absolute atomic E-state index is 0.0591. The summed E-state index contributed by atoms with van der Waals surface area (Å²) in [4.78, 5) is 0. The number of rotatable bonds is 1. The van der Waals surface area contributed by atoms with Gasteiger partial charge in [0.25, 0.3) is 0 Å². The van der Waals surface area contributed by atoms with Crippen molar-refractivity contribution in [1.29, 1.82) is 0 Å². The standard InChI is InChI=1S/C10H10ClN3O2S/c11-8-1-3-14-9(5-8)12-13-10(14)7-2-4-17(15,16)6-7/h1,3,5,7H,2,4,6H2. The van der Waals surface area contributed by atoms with Crippen LogP contribution in [0.5, 0.6) is 0 Å². The fourth-order valence-corrected chi connectivity index (χ4v) is 4.05. The first-order valence-electron chi connectivity index (χ1n) is 5.26. The average molecular weight is 272 g/mol. The number of hydrogen-bond donors (Lipinski definition) is 0. The summed E-state index contributed by atoms with van der Waals surface area (Å²) < 4.78 is 24.7. The Labute approximate surface area is 103 Å². The summed E-state index contributed by atoms with van der Waals surface area (Å²) in [5.41, 5.74) is 0.650. The van der Waals surface area contributed by atoms with E-state index in [1.165, 1.54) is 0 Å². The van der Waals surface area contributed by atoms with Crippen LogP contribution in [-0.4, -0.2) is 34.5 Å². The van der Waals surface area contributed by atoms with Gasteiger partial charge in [0.05, 0.1) is 11.5 Å². The molecule has 7 heteroatoms. The second-order valence-corrected chi connectivity index (χ2v) is 6.90. The third-order valence-electron chi connectivity index (χ3n) is 3.00. The van der Waals surface area contributed by atoms with Crippen LogP contribution in [0.3, 0.4) is 0 Å². The minimum Gasteiger partial charge on any atom is -0.286 e. The van der Waals surface area contributed by atoms with Crippen LogP contribution >= 0.6 is 11.6 Å². The maximum absolute atomic E-state index is 11.4. The third kappa shape index (κ3) is 1.91. The molecule has 1 saturated heterocycles. The lowest BCUT2D eigenvalue weighted by atomic mass is 10.1. The molecule has 0 saturated carbocycles. The highest BCUT2D eigenvalue weighted by atomic mass is 35.5. The van der Waals surface area contributed by atoms with Crippen molar-refractivity contribution < 1.29 is 8.42 Å². The van der Waals surface area contributed by atoms with Gasteiger partial charge in [-0.05, 0) is 12.5 Å². The third-order valence-corrected chi connectivity index (χ3v) is 5.00. The van der Waals surface area contributed by atoms with Gasteiger partial charge in [-0.15, -0.1) is 10.2 Å². The molecule has 1 atom stereocenters. The van der Waals surface area contributed by atoms with Gasteiger partial charge in [0, 0.05) is 23.2 Å². The summed E-state index contributed by atoms with van der Waals surface area (Å²) in [6, 6.07) is 3.45. The van der Waals surface area contributed by atoms with Gasteiger partial charge in [0.2, 0.25) is 0 Å². The molecular weight excluding hydrogens is 262 g/mol. The average Bonchev–Trinajstić information content (AvgIpc) is 2.80. The molecule has 1 fully saturated rings. The maximum Gasteiger partial charge on any atom is 0.162 e. The fourth-order valence-electron chi connectivity index (χ4n) is 2.16. The van der Waals surface area contributed by atoms with E-state index in [1.54, 1.807) is 22.7 Å².